The van der Waals surface area contributed by atoms with Crippen molar-refractivity contribution >= 4 is 28.6 Å². The summed E-state index contributed by atoms with van der Waals surface area (Å²) in [5, 5.41) is 0.936. The highest BCUT2D eigenvalue weighted by Crippen LogP contribution is 2.31. The molecule has 0 amide bonds. The third-order valence-corrected chi connectivity index (χ3v) is 5.87. The van der Waals surface area contributed by atoms with Crippen molar-refractivity contribution < 1.29 is 9.47 Å². The lowest BCUT2D eigenvalue weighted by Gasteiger charge is -2.37. The van der Waals surface area contributed by atoms with Gasteiger partial charge >= 0.3 is 0 Å². The van der Waals surface area contributed by atoms with Crippen molar-refractivity contribution in [2.75, 3.05) is 55.1 Å². The number of hydrogen-bond acceptors (Lipinski definition) is 9. The van der Waals surface area contributed by atoms with Crippen molar-refractivity contribution in [2.24, 2.45) is 0 Å². The van der Waals surface area contributed by atoms with Gasteiger partial charge in [0.05, 0.1) is 49.6 Å². The maximum Gasteiger partial charge on any atom is 0.229 e. The standard InChI is InChI=1S/C22H27N7O2/c1-14-12-30-9-7-28(14)21-17-4-5-18(16-3-6-19(23)24-11-16)25-20(17)26-22(27-21)29-8-10-31-13-15(29)2/h3-6,11,14-15H,7-10,12-13H2,1-2H3,(H2,23,24)/t14-,15-/m0/s1. The van der Waals surface area contributed by atoms with Gasteiger partial charge in [-0.25, -0.2) is 9.97 Å². The summed E-state index contributed by atoms with van der Waals surface area (Å²) in [5.74, 6) is 2.08. The Morgan fingerprint density at radius 2 is 1.65 bits per heavy atom. The maximum absolute atomic E-state index is 5.74. The van der Waals surface area contributed by atoms with Crippen LogP contribution in [-0.4, -0.2) is 71.5 Å². The Morgan fingerprint density at radius 3 is 2.32 bits per heavy atom. The van der Waals surface area contributed by atoms with E-state index < -0.39 is 0 Å². The fraction of sp³-hybridized carbons (Fsp3) is 0.455. The van der Waals surface area contributed by atoms with Gasteiger partial charge in [-0.2, -0.15) is 9.97 Å². The van der Waals surface area contributed by atoms with Gasteiger partial charge in [-0.3, -0.25) is 0 Å². The van der Waals surface area contributed by atoms with Gasteiger partial charge < -0.3 is 25.0 Å². The lowest BCUT2D eigenvalue weighted by molar-refractivity contribution is 0.0973. The SMILES string of the molecule is C[C@H]1COCCN1c1nc(N2CCOC[C@@H]2C)c2ccc(-c3ccc(N)nc3)nc2n1. The summed E-state index contributed by atoms with van der Waals surface area (Å²) in [6, 6.07) is 8.17. The number of hydrogen-bond donors (Lipinski definition) is 1. The molecule has 2 saturated heterocycles. The summed E-state index contributed by atoms with van der Waals surface area (Å²) < 4.78 is 11.3. The second-order valence-electron chi connectivity index (χ2n) is 8.12. The topological polar surface area (TPSA) is 103 Å². The quantitative estimate of drug-likeness (QED) is 0.681. The lowest BCUT2D eigenvalue weighted by Crippen LogP contribution is -2.46. The van der Waals surface area contributed by atoms with Crippen LogP contribution in [0.3, 0.4) is 0 Å². The number of nitrogen functional groups attached to an aromatic ring is 1. The van der Waals surface area contributed by atoms with Gasteiger partial charge in [0.2, 0.25) is 5.95 Å². The van der Waals surface area contributed by atoms with E-state index in [4.69, 9.17) is 30.2 Å². The van der Waals surface area contributed by atoms with E-state index >= 15 is 0 Å². The van der Waals surface area contributed by atoms with Crippen molar-refractivity contribution in [2.45, 2.75) is 25.9 Å². The minimum absolute atomic E-state index is 0.200. The molecule has 2 fully saturated rings. The molecule has 5 rings (SSSR count). The van der Waals surface area contributed by atoms with E-state index in [0.29, 0.717) is 43.8 Å². The van der Waals surface area contributed by atoms with Gasteiger partial charge in [-0.05, 0) is 38.1 Å². The first-order valence-electron chi connectivity index (χ1n) is 10.7. The summed E-state index contributed by atoms with van der Waals surface area (Å²) in [6.45, 7) is 8.52. The van der Waals surface area contributed by atoms with Crippen molar-refractivity contribution in [3.8, 4) is 11.3 Å². The Kier molecular flexibility index (Phi) is 5.29. The Labute approximate surface area is 181 Å². The summed E-state index contributed by atoms with van der Waals surface area (Å²) in [4.78, 5) is 23.5. The minimum Gasteiger partial charge on any atom is -0.384 e. The van der Waals surface area contributed by atoms with E-state index in [1.165, 1.54) is 0 Å². The van der Waals surface area contributed by atoms with E-state index in [1.807, 2.05) is 12.1 Å². The number of nitrogens with two attached hydrogens (primary N) is 1. The molecule has 2 N–H and O–H groups in total. The molecule has 0 radical (unpaired) electrons. The predicted molar refractivity (Wildman–Crippen MR) is 120 cm³/mol. The molecule has 3 aromatic rings. The molecule has 2 atom stereocenters. The van der Waals surface area contributed by atoms with Crippen LogP contribution in [0.2, 0.25) is 0 Å². The van der Waals surface area contributed by atoms with Crippen LogP contribution in [0.4, 0.5) is 17.6 Å². The van der Waals surface area contributed by atoms with Crippen molar-refractivity contribution in [1.29, 1.82) is 0 Å². The molecule has 0 aromatic carbocycles. The molecule has 9 heteroatoms. The third kappa shape index (κ3) is 3.86. The normalized spacial score (nSPS) is 22.1. The van der Waals surface area contributed by atoms with Crippen LogP contribution in [0.1, 0.15) is 13.8 Å². The van der Waals surface area contributed by atoms with Gasteiger partial charge in [0.15, 0.2) is 5.65 Å². The highest BCUT2D eigenvalue weighted by molar-refractivity contribution is 5.90. The number of aromatic nitrogens is 4. The summed E-state index contributed by atoms with van der Waals surface area (Å²) in [6.07, 6.45) is 1.74. The first-order chi connectivity index (χ1) is 15.1. The molecule has 0 spiro atoms. The van der Waals surface area contributed by atoms with Gasteiger partial charge in [0.1, 0.15) is 11.6 Å². The van der Waals surface area contributed by atoms with Crippen molar-refractivity contribution in [1.82, 2.24) is 19.9 Å². The van der Waals surface area contributed by atoms with Gasteiger partial charge in [-0.1, -0.05) is 0 Å². The Hall–Kier alpha value is -3.04. The summed E-state index contributed by atoms with van der Waals surface area (Å²) in [5.41, 5.74) is 8.12. The summed E-state index contributed by atoms with van der Waals surface area (Å²) >= 11 is 0. The maximum atomic E-state index is 5.74. The number of fused-ring (bicyclic) bond motifs is 1. The Bertz CT molecular complexity index is 1080. The molecule has 3 aromatic heterocycles. The molecule has 31 heavy (non-hydrogen) atoms. The van der Waals surface area contributed by atoms with Crippen LogP contribution in [0, 0.1) is 0 Å². The monoisotopic (exact) mass is 421 g/mol. The van der Waals surface area contributed by atoms with Crippen molar-refractivity contribution in [3.63, 3.8) is 0 Å². The van der Waals surface area contributed by atoms with Crippen LogP contribution < -0.4 is 15.5 Å². The van der Waals surface area contributed by atoms with Crippen molar-refractivity contribution in [3.05, 3.63) is 30.5 Å². The van der Waals surface area contributed by atoms with Crippen LogP contribution in [-0.2, 0) is 9.47 Å². The molecule has 5 heterocycles. The van der Waals surface area contributed by atoms with E-state index in [-0.39, 0.29) is 12.1 Å². The smallest absolute Gasteiger partial charge is 0.229 e. The predicted octanol–water partition coefficient (Wildman–Crippen LogP) is 2.12. The first kappa shape index (κ1) is 19.9. The first-order valence-corrected chi connectivity index (χ1v) is 10.7. The number of rotatable bonds is 3. The molecule has 9 nitrogen and oxygen atoms in total. The number of nitrogens with zero attached hydrogens (tertiary/aromatic N) is 6. The summed E-state index contributed by atoms with van der Waals surface area (Å²) in [7, 11) is 0. The highest BCUT2D eigenvalue weighted by Gasteiger charge is 2.27. The van der Waals surface area contributed by atoms with Crippen LogP contribution in [0.15, 0.2) is 30.5 Å². The molecule has 0 saturated carbocycles. The average molecular weight is 422 g/mol. The molecule has 0 bridgehead atoms. The highest BCUT2D eigenvalue weighted by atomic mass is 16.5. The van der Waals surface area contributed by atoms with Crippen LogP contribution in [0.25, 0.3) is 22.3 Å². The molecule has 2 aliphatic heterocycles. The van der Waals surface area contributed by atoms with E-state index in [9.17, 15) is 0 Å². The molecule has 0 aliphatic carbocycles. The van der Waals surface area contributed by atoms with E-state index in [0.717, 1.165) is 35.6 Å². The Balaban J connectivity index is 1.65. The molecular weight excluding hydrogens is 394 g/mol. The Morgan fingerprint density at radius 1 is 0.903 bits per heavy atom. The number of ether oxygens (including phenoxy) is 2. The zero-order valence-corrected chi connectivity index (χ0v) is 17.9. The number of morpholine rings is 2. The van der Waals surface area contributed by atoms with Gasteiger partial charge in [-0.15, -0.1) is 0 Å². The fourth-order valence-electron chi connectivity index (χ4n) is 4.11. The minimum atomic E-state index is 0.200. The third-order valence-electron chi connectivity index (χ3n) is 5.87. The van der Waals surface area contributed by atoms with Gasteiger partial charge in [0.25, 0.3) is 0 Å². The second kappa shape index (κ2) is 8.24. The van der Waals surface area contributed by atoms with Gasteiger partial charge in [0, 0.05) is 24.8 Å². The van der Waals surface area contributed by atoms with Crippen LogP contribution in [0.5, 0.6) is 0 Å². The van der Waals surface area contributed by atoms with E-state index in [2.05, 4.69) is 34.7 Å². The molecule has 0 unspecified atom stereocenters. The molecule has 2 aliphatic rings. The average Bonchev–Trinajstić information content (AvgIpc) is 2.79. The zero-order chi connectivity index (χ0) is 21.4. The van der Waals surface area contributed by atoms with E-state index in [1.54, 1.807) is 12.3 Å². The number of pyridine rings is 2. The number of anilines is 3. The lowest BCUT2D eigenvalue weighted by atomic mass is 10.1. The van der Waals surface area contributed by atoms with Crippen LogP contribution >= 0.6 is 0 Å². The zero-order valence-electron chi connectivity index (χ0n) is 17.9. The molecular formula is C22H27N7O2. The molecule has 162 valence electrons. The second-order valence-corrected chi connectivity index (χ2v) is 8.12. The fourth-order valence-corrected chi connectivity index (χ4v) is 4.11. The largest absolute Gasteiger partial charge is 0.384 e.